The summed E-state index contributed by atoms with van der Waals surface area (Å²) in [6.07, 6.45) is 0. The quantitative estimate of drug-likeness (QED) is 0.567. The molecule has 2 aromatic carbocycles. The van der Waals surface area contributed by atoms with Gasteiger partial charge in [0.1, 0.15) is 0 Å². The molecule has 0 aliphatic heterocycles. The van der Waals surface area contributed by atoms with E-state index in [0.717, 1.165) is 11.3 Å². The highest BCUT2D eigenvalue weighted by Gasteiger charge is 2.22. The summed E-state index contributed by atoms with van der Waals surface area (Å²) in [7, 11) is 1.82. The molecule has 1 amide bonds. The molecule has 0 saturated heterocycles. The standard InChI is InChI=1S/C21H25N5OS/c1-15(2)18-10-12-19(13-11-18)26-21(22-23-24-26)28-16(3)20(27)25(4)14-17-8-6-5-7-9-17/h5-13,15-16H,14H2,1-4H3. The number of nitrogens with zero attached hydrogens (tertiary/aromatic N) is 5. The molecular weight excluding hydrogens is 370 g/mol. The molecule has 0 aliphatic rings. The number of aromatic nitrogens is 4. The molecular formula is C21H25N5OS. The Morgan fingerprint density at radius 1 is 1.07 bits per heavy atom. The second-order valence-corrected chi connectivity index (χ2v) is 8.37. The lowest BCUT2D eigenvalue weighted by molar-refractivity contribution is -0.129. The van der Waals surface area contributed by atoms with E-state index in [9.17, 15) is 4.79 Å². The van der Waals surface area contributed by atoms with Gasteiger partial charge in [0.05, 0.1) is 10.9 Å². The molecule has 0 saturated carbocycles. The van der Waals surface area contributed by atoms with Crippen LogP contribution in [0.25, 0.3) is 5.69 Å². The predicted molar refractivity (Wildman–Crippen MR) is 111 cm³/mol. The SMILES string of the molecule is CC(Sc1nnnn1-c1ccc(C(C)C)cc1)C(=O)N(C)Cc1ccccc1. The van der Waals surface area contributed by atoms with Crippen LogP contribution in [0, 0.1) is 0 Å². The molecule has 7 heteroatoms. The third-order valence-corrected chi connectivity index (χ3v) is 5.53. The van der Waals surface area contributed by atoms with E-state index >= 15 is 0 Å². The Labute approximate surface area is 169 Å². The van der Waals surface area contributed by atoms with Crippen molar-refractivity contribution in [3.8, 4) is 5.69 Å². The second-order valence-electron chi connectivity index (χ2n) is 7.06. The Morgan fingerprint density at radius 3 is 2.39 bits per heavy atom. The van der Waals surface area contributed by atoms with E-state index in [4.69, 9.17) is 0 Å². The summed E-state index contributed by atoms with van der Waals surface area (Å²) in [5, 5.41) is 12.3. The van der Waals surface area contributed by atoms with E-state index in [-0.39, 0.29) is 11.2 Å². The van der Waals surface area contributed by atoms with Crippen LogP contribution in [0.1, 0.15) is 37.8 Å². The molecule has 3 aromatic rings. The average Bonchev–Trinajstić information content (AvgIpc) is 3.16. The van der Waals surface area contributed by atoms with E-state index in [2.05, 4.69) is 41.5 Å². The Kier molecular flexibility index (Phi) is 6.46. The van der Waals surface area contributed by atoms with Gasteiger partial charge in [-0.2, -0.15) is 4.68 Å². The topological polar surface area (TPSA) is 63.9 Å². The van der Waals surface area contributed by atoms with Gasteiger partial charge in [0.2, 0.25) is 11.1 Å². The molecule has 0 bridgehead atoms. The molecule has 1 atom stereocenters. The summed E-state index contributed by atoms with van der Waals surface area (Å²) in [5.74, 6) is 0.508. The van der Waals surface area contributed by atoms with E-state index in [0.29, 0.717) is 17.6 Å². The maximum Gasteiger partial charge on any atom is 0.235 e. The van der Waals surface area contributed by atoms with Gasteiger partial charge in [-0.1, -0.05) is 68.1 Å². The first-order chi connectivity index (χ1) is 13.5. The summed E-state index contributed by atoms with van der Waals surface area (Å²) < 4.78 is 1.68. The first kappa shape index (κ1) is 20.1. The zero-order valence-corrected chi connectivity index (χ0v) is 17.4. The molecule has 3 rings (SSSR count). The van der Waals surface area contributed by atoms with Crippen molar-refractivity contribution in [1.82, 2.24) is 25.1 Å². The molecule has 146 valence electrons. The fourth-order valence-corrected chi connectivity index (χ4v) is 3.79. The Morgan fingerprint density at radius 2 is 1.75 bits per heavy atom. The molecule has 6 nitrogen and oxygen atoms in total. The number of hydrogen-bond donors (Lipinski definition) is 0. The average molecular weight is 396 g/mol. The van der Waals surface area contributed by atoms with Crippen LogP contribution < -0.4 is 0 Å². The van der Waals surface area contributed by atoms with Crippen molar-refractivity contribution in [2.24, 2.45) is 0 Å². The zero-order chi connectivity index (χ0) is 20.1. The van der Waals surface area contributed by atoms with E-state index in [1.54, 1.807) is 9.58 Å². The van der Waals surface area contributed by atoms with Gasteiger partial charge >= 0.3 is 0 Å². The maximum atomic E-state index is 12.8. The number of thioether (sulfide) groups is 1. The minimum absolute atomic E-state index is 0.0403. The van der Waals surface area contributed by atoms with E-state index < -0.39 is 0 Å². The van der Waals surface area contributed by atoms with E-state index in [1.165, 1.54) is 17.3 Å². The van der Waals surface area contributed by atoms with Gasteiger partial charge in [-0.3, -0.25) is 4.79 Å². The monoisotopic (exact) mass is 395 g/mol. The highest BCUT2D eigenvalue weighted by Crippen LogP contribution is 2.25. The van der Waals surface area contributed by atoms with E-state index in [1.807, 2.05) is 56.4 Å². The molecule has 0 fully saturated rings. The van der Waals surface area contributed by atoms with Crippen LogP contribution in [-0.4, -0.2) is 43.3 Å². The zero-order valence-electron chi connectivity index (χ0n) is 16.6. The number of hydrogen-bond acceptors (Lipinski definition) is 5. The lowest BCUT2D eigenvalue weighted by atomic mass is 10.0. The highest BCUT2D eigenvalue weighted by molar-refractivity contribution is 8.00. The largest absolute Gasteiger partial charge is 0.340 e. The predicted octanol–water partition coefficient (Wildman–Crippen LogP) is 3.92. The second kappa shape index (κ2) is 9.01. The Balaban J connectivity index is 1.68. The summed E-state index contributed by atoms with van der Waals surface area (Å²) in [6, 6.07) is 18.1. The van der Waals surface area contributed by atoms with Crippen LogP contribution in [0.2, 0.25) is 0 Å². The third-order valence-electron chi connectivity index (χ3n) is 4.51. The molecule has 1 unspecified atom stereocenters. The number of carbonyl (C=O) groups excluding carboxylic acids is 1. The van der Waals surface area contributed by atoms with Gasteiger partial charge in [0.15, 0.2) is 0 Å². The third kappa shape index (κ3) is 4.78. The summed E-state index contributed by atoms with van der Waals surface area (Å²) in [4.78, 5) is 14.5. The molecule has 0 N–H and O–H groups in total. The van der Waals surface area contributed by atoms with Crippen LogP contribution in [-0.2, 0) is 11.3 Å². The molecule has 1 aromatic heterocycles. The van der Waals surface area contributed by atoms with Crippen molar-refractivity contribution in [3.05, 3.63) is 65.7 Å². The van der Waals surface area contributed by atoms with Gasteiger partial charge in [0, 0.05) is 13.6 Å². The van der Waals surface area contributed by atoms with Crippen LogP contribution in [0.5, 0.6) is 0 Å². The molecule has 0 radical (unpaired) electrons. The van der Waals surface area contributed by atoms with Gasteiger partial charge in [-0.15, -0.1) is 5.10 Å². The molecule has 28 heavy (non-hydrogen) atoms. The Hall–Kier alpha value is -2.67. The van der Waals surface area contributed by atoms with Crippen molar-refractivity contribution >= 4 is 17.7 Å². The summed E-state index contributed by atoms with van der Waals surface area (Å²) in [5.41, 5.74) is 3.25. The Bertz CT molecular complexity index is 908. The number of rotatable bonds is 7. The van der Waals surface area contributed by atoms with Gasteiger partial charge in [-0.05, 0) is 46.5 Å². The minimum Gasteiger partial charge on any atom is -0.340 e. The number of amides is 1. The van der Waals surface area contributed by atoms with Crippen molar-refractivity contribution in [3.63, 3.8) is 0 Å². The number of benzene rings is 2. The fraction of sp³-hybridized carbons (Fsp3) is 0.333. The fourth-order valence-electron chi connectivity index (χ4n) is 2.87. The highest BCUT2D eigenvalue weighted by atomic mass is 32.2. The smallest absolute Gasteiger partial charge is 0.235 e. The summed E-state index contributed by atoms with van der Waals surface area (Å²) >= 11 is 1.36. The minimum atomic E-state index is -0.298. The van der Waals surface area contributed by atoms with Gasteiger partial charge < -0.3 is 4.90 Å². The molecule has 0 spiro atoms. The summed E-state index contributed by atoms with van der Waals surface area (Å²) in [6.45, 7) is 6.78. The van der Waals surface area contributed by atoms with Crippen molar-refractivity contribution in [2.75, 3.05) is 7.05 Å². The first-order valence-electron chi connectivity index (χ1n) is 9.30. The first-order valence-corrected chi connectivity index (χ1v) is 10.2. The normalized spacial score (nSPS) is 12.2. The number of tetrazole rings is 1. The van der Waals surface area contributed by atoms with Gasteiger partial charge in [0.25, 0.3) is 0 Å². The molecule has 1 heterocycles. The number of carbonyl (C=O) groups is 1. The van der Waals surface area contributed by atoms with Crippen LogP contribution in [0.3, 0.4) is 0 Å². The van der Waals surface area contributed by atoms with Crippen LogP contribution in [0.15, 0.2) is 59.8 Å². The van der Waals surface area contributed by atoms with Crippen LogP contribution >= 0.6 is 11.8 Å². The van der Waals surface area contributed by atoms with Crippen molar-refractivity contribution in [1.29, 1.82) is 0 Å². The van der Waals surface area contributed by atoms with Crippen molar-refractivity contribution in [2.45, 2.75) is 43.6 Å². The molecule has 0 aliphatic carbocycles. The van der Waals surface area contributed by atoms with Crippen LogP contribution in [0.4, 0.5) is 0 Å². The lowest BCUT2D eigenvalue weighted by Gasteiger charge is -2.21. The van der Waals surface area contributed by atoms with Crippen molar-refractivity contribution < 1.29 is 4.79 Å². The maximum absolute atomic E-state index is 12.8. The lowest BCUT2D eigenvalue weighted by Crippen LogP contribution is -2.32. The van der Waals surface area contributed by atoms with Gasteiger partial charge in [-0.25, -0.2) is 0 Å².